The van der Waals surface area contributed by atoms with Crippen molar-refractivity contribution in [2.45, 2.75) is 39.2 Å². The van der Waals surface area contributed by atoms with Crippen LogP contribution >= 0.6 is 12.4 Å². The second-order valence-corrected chi connectivity index (χ2v) is 4.84. The first-order chi connectivity index (χ1) is 8.13. The zero-order valence-corrected chi connectivity index (χ0v) is 12.8. The van der Waals surface area contributed by atoms with Crippen LogP contribution in [0.2, 0.25) is 0 Å². The largest absolute Gasteiger partial charge is 0.494 e. The van der Waals surface area contributed by atoms with Crippen LogP contribution in [0.5, 0.6) is 5.75 Å². The molecule has 1 unspecified atom stereocenters. The average molecular weight is 272 g/mol. The van der Waals surface area contributed by atoms with E-state index in [1.165, 1.54) is 12.0 Å². The Labute approximate surface area is 118 Å². The van der Waals surface area contributed by atoms with Crippen molar-refractivity contribution in [1.29, 1.82) is 0 Å². The van der Waals surface area contributed by atoms with E-state index in [0.29, 0.717) is 6.04 Å². The standard InChI is InChI=1S/C15H25NO.ClH/c1-5-12-17-15-10-8-14(9-11-15)7-6-13(2)16(3)4;/h8-11,13H,5-7,12H2,1-4H3;1H. The van der Waals surface area contributed by atoms with Gasteiger partial charge >= 0.3 is 0 Å². The van der Waals surface area contributed by atoms with Crippen molar-refractivity contribution in [2.75, 3.05) is 20.7 Å². The lowest BCUT2D eigenvalue weighted by Gasteiger charge is -2.19. The van der Waals surface area contributed by atoms with Crippen LogP contribution in [-0.4, -0.2) is 31.6 Å². The molecule has 1 aromatic carbocycles. The minimum Gasteiger partial charge on any atom is -0.494 e. The maximum Gasteiger partial charge on any atom is 0.119 e. The SMILES string of the molecule is CCCOc1ccc(CCC(C)N(C)C)cc1.Cl. The van der Waals surface area contributed by atoms with Crippen LogP contribution in [0.25, 0.3) is 0 Å². The van der Waals surface area contributed by atoms with Crippen LogP contribution in [0, 0.1) is 0 Å². The molecule has 2 nitrogen and oxygen atoms in total. The highest BCUT2D eigenvalue weighted by molar-refractivity contribution is 5.85. The van der Waals surface area contributed by atoms with Gasteiger partial charge in [-0.2, -0.15) is 0 Å². The van der Waals surface area contributed by atoms with E-state index in [-0.39, 0.29) is 12.4 Å². The predicted octanol–water partition coefficient (Wildman–Crippen LogP) is 3.78. The van der Waals surface area contributed by atoms with Gasteiger partial charge in [0.25, 0.3) is 0 Å². The van der Waals surface area contributed by atoms with Crippen LogP contribution in [-0.2, 0) is 6.42 Å². The second kappa shape index (κ2) is 9.23. The molecular formula is C15H26ClNO. The molecule has 0 amide bonds. The number of rotatable bonds is 7. The molecular weight excluding hydrogens is 246 g/mol. The van der Waals surface area contributed by atoms with Gasteiger partial charge < -0.3 is 9.64 Å². The number of hydrogen-bond acceptors (Lipinski definition) is 2. The fourth-order valence-corrected chi connectivity index (χ4v) is 1.61. The van der Waals surface area contributed by atoms with E-state index in [9.17, 15) is 0 Å². The summed E-state index contributed by atoms with van der Waals surface area (Å²) in [5.41, 5.74) is 1.39. The topological polar surface area (TPSA) is 12.5 Å². The second-order valence-electron chi connectivity index (χ2n) is 4.84. The molecule has 0 bridgehead atoms. The first kappa shape index (κ1) is 17.3. The number of aryl methyl sites for hydroxylation is 1. The van der Waals surface area contributed by atoms with Gasteiger partial charge in [-0.1, -0.05) is 19.1 Å². The summed E-state index contributed by atoms with van der Waals surface area (Å²) < 4.78 is 5.57. The smallest absolute Gasteiger partial charge is 0.119 e. The Morgan fingerprint density at radius 1 is 1.17 bits per heavy atom. The number of ether oxygens (including phenoxy) is 1. The molecule has 1 rings (SSSR count). The molecule has 0 spiro atoms. The van der Waals surface area contributed by atoms with E-state index in [4.69, 9.17) is 4.74 Å². The zero-order valence-electron chi connectivity index (χ0n) is 12.0. The van der Waals surface area contributed by atoms with E-state index in [1.54, 1.807) is 0 Å². The van der Waals surface area contributed by atoms with Gasteiger partial charge in [-0.05, 0) is 58.0 Å². The number of halogens is 1. The lowest BCUT2D eigenvalue weighted by Crippen LogP contribution is -2.24. The van der Waals surface area contributed by atoms with Gasteiger partial charge in [-0.25, -0.2) is 0 Å². The Morgan fingerprint density at radius 2 is 1.78 bits per heavy atom. The van der Waals surface area contributed by atoms with Crippen LogP contribution in [0.15, 0.2) is 24.3 Å². The van der Waals surface area contributed by atoms with Crippen molar-refractivity contribution in [3.05, 3.63) is 29.8 Å². The molecule has 0 aliphatic heterocycles. The average Bonchev–Trinajstić information content (AvgIpc) is 2.34. The number of nitrogens with zero attached hydrogens (tertiary/aromatic N) is 1. The zero-order chi connectivity index (χ0) is 12.7. The summed E-state index contributed by atoms with van der Waals surface area (Å²) in [5.74, 6) is 0.983. The Hall–Kier alpha value is -0.730. The van der Waals surface area contributed by atoms with Crippen molar-refractivity contribution in [3.8, 4) is 5.75 Å². The summed E-state index contributed by atoms with van der Waals surface area (Å²) in [6.45, 7) is 5.19. The lowest BCUT2D eigenvalue weighted by atomic mass is 10.1. The van der Waals surface area contributed by atoms with Crippen LogP contribution in [0.3, 0.4) is 0 Å². The fourth-order valence-electron chi connectivity index (χ4n) is 1.61. The summed E-state index contributed by atoms with van der Waals surface area (Å²) in [4.78, 5) is 2.26. The van der Waals surface area contributed by atoms with E-state index < -0.39 is 0 Å². The molecule has 0 aliphatic carbocycles. The van der Waals surface area contributed by atoms with Crippen molar-refractivity contribution >= 4 is 12.4 Å². The molecule has 1 atom stereocenters. The Bertz CT molecular complexity index is 311. The molecule has 0 fully saturated rings. The van der Waals surface area contributed by atoms with Crippen LogP contribution < -0.4 is 4.74 Å². The molecule has 1 aromatic rings. The Morgan fingerprint density at radius 3 is 2.28 bits per heavy atom. The summed E-state index contributed by atoms with van der Waals surface area (Å²) in [7, 11) is 4.26. The maximum absolute atomic E-state index is 5.57. The minimum atomic E-state index is 0. The van der Waals surface area contributed by atoms with Gasteiger partial charge in [-0.3, -0.25) is 0 Å². The van der Waals surface area contributed by atoms with Crippen molar-refractivity contribution in [3.63, 3.8) is 0 Å². The third-order valence-corrected chi connectivity index (χ3v) is 3.13. The molecule has 0 aromatic heterocycles. The van der Waals surface area contributed by atoms with Crippen molar-refractivity contribution in [2.24, 2.45) is 0 Å². The van der Waals surface area contributed by atoms with Crippen LogP contribution in [0.4, 0.5) is 0 Å². The predicted molar refractivity (Wildman–Crippen MR) is 80.9 cm³/mol. The quantitative estimate of drug-likeness (QED) is 0.748. The third kappa shape index (κ3) is 6.27. The van der Waals surface area contributed by atoms with Crippen molar-refractivity contribution in [1.82, 2.24) is 4.90 Å². The normalized spacial score (nSPS) is 12.1. The number of benzene rings is 1. The summed E-state index contributed by atoms with van der Waals surface area (Å²) >= 11 is 0. The summed E-state index contributed by atoms with van der Waals surface area (Å²) in [6, 6.07) is 9.13. The molecule has 0 N–H and O–H groups in total. The highest BCUT2D eigenvalue weighted by Crippen LogP contribution is 2.14. The lowest BCUT2D eigenvalue weighted by molar-refractivity contribution is 0.299. The first-order valence-corrected chi connectivity index (χ1v) is 6.51. The highest BCUT2D eigenvalue weighted by atomic mass is 35.5. The Balaban J connectivity index is 0.00000289. The molecule has 0 saturated heterocycles. The molecule has 18 heavy (non-hydrogen) atoms. The van der Waals surface area contributed by atoms with Gasteiger partial charge in [0.2, 0.25) is 0 Å². The Kier molecular flexibility index (Phi) is 8.86. The highest BCUT2D eigenvalue weighted by Gasteiger charge is 2.04. The van der Waals surface area contributed by atoms with Crippen molar-refractivity contribution < 1.29 is 4.74 Å². The van der Waals surface area contributed by atoms with E-state index in [1.807, 2.05) is 0 Å². The van der Waals surface area contributed by atoms with Gasteiger partial charge in [0.1, 0.15) is 5.75 Å². The van der Waals surface area contributed by atoms with Crippen LogP contribution in [0.1, 0.15) is 32.3 Å². The number of hydrogen-bond donors (Lipinski definition) is 0. The van der Waals surface area contributed by atoms with Gasteiger partial charge in [0.05, 0.1) is 6.61 Å². The van der Waals surface area contributed by atoms with Gasteiger partial charge in [-0.15, -0.1) is 12.4 Å². The van der Waals surface area contributed by atoms with Gasteiger partial charge in [0.15, 0.2) is 0 Å². The van der Waals surface area contributed by atoms with E-state index in [2.05, 4.69) is 57.1 Å². The fraction of sp³-hybridized carbons (Fsp3) is 0.600. The molecule has 0 aliphatic rings. The van der Waals surface area contributed by atoms with E-state index >= 15 is 0 Å². The maximum atomic E-state index is 5.57. The van der Waals surface area contributed by atoms with Gasteiger partial charge in [0, 0.05) is 6.04 Å². The molecule has 0 heterocycles. The molecule has 3 heteroatoms. The summed E-state index contributed by atoms with van der Waals surface area (Å²) in [5, 5.41) is 0. The summed E-state index contributed by atoms with van der Waals surface area (Å²) in [6.07, 6.45) is 3.39. The minimum absolute atomic E-state index is 0. The molecule has 0 radical (unpaired) electrons. The first-order valence-electron chi connectivity index (χ1n) is 6.51. The molecule has 0 saturated carbocycles. The monoisotopic (exact) mass is 271 g/mol. The van der Waals surface area contributed by atoms with E-state index in [0.717, 1.165) is 25.2 Å². The molecule has 104 valence electrons. The third-order valence-electron chi connectivity index (χ3n) is 3.13.